The maximum atomic E-state index is 13.0. The predicted molar refractivity (Wildman–Crippen MR) is 66.8 cm³/mol. The maximum absolute atomic E-state index is 13.0. The zero-order valence-corrected chi connectivity index (χ0v) is 11.3. The van der Waals surface area contributed by atoms with Crippen LogP contribution in [0.25, 0.3) is 0 Å². The minimum atomic E-state index is -0.439. The van der Waals surface area contributed by atoms with Gasteiger partial charge in [0.2, 0.25) is 0 Å². The average molecular weight is 309 g/mol. The van der Waals surface area contributed by atoms with Crippen molar-refractivity contribution in [3.63, 3.8) is 0 Å². The third-order valence-electron chi connectivity index (χ3n) is 2.37. The molecule has 0 bridgehead atoms. The molecule has 0 heterocycles. The summed E-state index contributed by atoms with van der Waals surface area (Å²) >= 11 is 8.50. The van der Waals surface area contributed by atoms with Crippen LogP contribution in [0.5, 0.6) is 0 Å². The molecule has 1 amide bonds. The van der Waals surface area contributed by atoms with Crippen LogP contribution < -0.4 is 5.32 Å². The lowest BCUT2D eigenvalue weighted by atomic mass is 9.84. The van der Waals surface area contributed by atoms with Gasteiger partial charge in [-0.2, -0.15) is 0 Å². The predicted octanol–water partition coefficient (Wildman–Crippen LogP) is 3.86. The van der Waals surface area contributed by atoms with Crippen molar-refractivity contribution in [2.75, 3.05) is 6.54 Å². The normalized spacial score (nSPS) is 11.3. The molecular formula is C11H12BrClFNO. The van der Waals surface area contributed by atoms with Crippen molar-refractivity contribution in [3.05, 3.63) is 34.6 Å². The monoisotopic (exact) mass is 307 g/mol. The number of halogens is 3. The first-order chi connectivity index (χ1) is 7.33. The van der Waals surface area contributed by atoms with E-state index in [0.29, 0.717) is 6.54 Å². The van der Waals surface area contributed by atoms with E-state index in [9.17, 15) is 9.18 Å². The van der Waals surface area contributed by atoms with Crippen molar-refractivity contribution in [3.8, 4) is 0 Å². The van der Waals surface area contributed by atoms with Crippen LogP contribution in [-0.4, -0.2) is 11.4 Å². The molecule has 1 rings (SSSR count). The lowest BCUT2D eigenvalue weighted by molar-refractivity contribution is 0.259. The molecule has 0 aliphatic carbocycles. The molecule has 88 valence electrons. The van der Waals surface area contributed by atoms with Gasteiger partial charge in [-0.3, -0.25) is 4.79 Å². The molecule has 0 fully saturated rings. The molecule has 2 nitrogen and oxygen atoms in total. The van der Waals surface area contributed by atoms with E-state index >= 15 is 0 Å². The van der Waals surface area contributed by atoms with Crippen LogP contribution in [-0.2, 0) is 5.41 Å². The average Bonchev–Trinajstić information content (AvgIpc) is 2.19. The topological polar surface area (TPSA) is 29.1 Å². The summed E-state index contributed by atoms with van der Waals surface area (Å²) in [5.74, 6) is -0.439. The Balaban J connectivity index is 2.88. The van der Waals surface area contributed by atoms with Gasteiger partial charge in [-0.05, 0) is 17.7 Å². The number of carbonyl (C=O) groups is 1. The van der Waals surface area contributed by atoms with Crippen LogP contribution in [0.3, 0.4) is 0 Å². The minimum Gasteiger partial charge on any atom is -0.346 e. The second-order valence-electron chi connectivity index (χ2n) is 4.14. The molecular weight excluding hydrogens is 296 g/mol. The van der Waals surface area contributed by atoms with Crippen LogP contribution in [0, 0.1) is 5.82 Å². The molecule has 16 heavy (non-hydrogen) atoms. The number of carbonyl (C=O) groups excluding carboxylic acids is 1. The SMILES string of the molecule is CC(C)(CNC(=O)Br)c1ccc(F)c(Cl)c1. The van der Waals surface area contributed by atoms with Gasteiger partial charge in [0.15, 0.2) is 0 Å². The Morgan fingerprint density at radius 1 is 1.56 bits per heavy atom. The van der Waals surface area contributed by atoms with Gasteiger partial charge in [0.05, 0.1) is 5.02 Å². The quantitative estimate of drug-likeness (QED) is 0.667. The van der Waals surface area contributed by atoms with E-state index in [2.05, 4.69) is 21.2 Å². The number of hydrogen-bond acceptors (Lipinski definition) is 1. The highest BCUT2D eigenvalue weighted by Gasteiger charge is 2.21. The molecule has 1 aromatic rings. The largest absolute Gasteiger partial charge is 0.346 e. The fourth-order valence-corrected chi connectivity index (χ4v) is 1.63. The molecule has 0 saturated carbocycles. The summed E-state index contributed by atoms with van der Waals surface area (Å²) in [7, 11) is 0. The van der Waals surface area contributed by atoms with E-state index in [4.69, 9.17) is 11.6 Å². The van der Waals surface area contributed by atoms with E-state index in [0.717, 1.165) is 5.56 Å². The molecule has 1 aromatic carbocycles. The van der Waals surface area contributed by atoms with Crippen LogP contribution in [0.15, 0.2) is 18.2 Å². The number of amides is 1. The Hall–Kier alpha value is -0.610. The number of nitrogens with one attached hydrogen (secondary N) is 1. The highest BCUT2D eigenvalue weighted by molar-refractivity contribution is 9.18. The molecule has 1 N–H and O–H groups in total. The molecule has 0 aliphatic rings. The Kier molecular flexibility index (Phi) is 4.33. The molecule has 0 saturated heterocycles. The summed E-state index contributed by atoms with van der Waals surface area (Å²) in [4.78, 5) is 10.5. The highest BCUT2D eigenvalue weighted by atomic mass is 79.9. The summed E-state index contributed by atoms with van der Waals surface area (Å²) in [6.45, 7) is 4.33. The first-order valence-electron chi connectivity index (χ1n) is 4.72. The molecule has 0 atom stereocenters. The van der Waals surface area contributed by atoms with Gasteiger partial charge in [0.25, 0.3) is 4.82 Å². The van der Waals surface area contributed by atoms with Gasteiger partial charge < -0.3 is 5.32 Å². The fourth-order valence-electron chi connectivity index (χ4n) is 1.31. The smallest absolute Gasteiger partial charge is 0.287 e. The Labute approximate surface area is 107 Å². The van der Waals surface area contributed by atoms with Crippen molar-refractivity contribution in [2.45, 2.75) is 19.3 Å². The first-order valence-corrected chi connectivity index (χ1v) is 5.89. The van der Waals surface area contributed by atoms with Gasteiger partial charge in [-0.25, -0.2) is 4.39 Å². The van der Waals surface area contributed by atoms with E-state index in [-0.39, 0.29) is 15.3 Å². The van der Waals surface area contributed by atoms with E-state index < -0.39 is 5.82 Å². The van der Waals surface area contributed by atoms with Gasteiger partial charge in [-0.15, -0.1) is 0 Å². The summed E-state index contributed by atoms with van der Waals surface area (Å²) in [5, 5.41) is 2.75. The van der Waals surface area contributed by atoms with Gasteiger partial charge >= 0.3 is 0 Å². The van der Waals surface area contributed by atoms with Gasteiger partial charge in [0.1, 0.15) is 5.82 Å². The molecule has 0 aliphatic heterocycles. The van der Waals surface area contributed by atoms with Crippen molar-refractivity contribution in [1.29, 1.82) is 0 Å². The third-order valence-corrected chi connectivity index (χ3v) is 2.94. The van der Waals surface area contributed by atoms with E-state index in [1.807, 2.05) is 13.8 Å². The van der Waals surface area contributed by atoms with Crippen molar-refractivity contribution < 1.29 is 9.18 Å². The molecule has 0 radical (unpaired) electrons. The number of hydrogen-bond donors (Lipinski definition) is 1. The Morgan fingerprint density at radius 3 is 2.69 bits per heavy atom. The second-order valence-corrected chi connectivity index (χ2v) is 5.27. The fraction of sp³-hybridized carbons (Fsp3) is 0.364. The van der Waals surface area contributed by atoms with Crippen LogP contribution in [0.2, 0.25) is 5.02 Å². The van der Waals surface area contributed by atoms with Gasteiger partial charge in [-0.1, -0.05) is 31.5 Å². The van der Waals surface area contributed by atoms with Crippen molar-refractivity contribution >= 4 is 32.3 Å². The molecule has 0 spiro atoms. The van der Waals surface area contributed by atoms with E-state index in [1.165, 1.54) is 6.07 Å². The lowest BCUT2D eigenvalue weighted by Crippen LogP contribution is -2.34. The summed E-state index contributed by atoms with van der Waals surface area (Å²) < 4.78 is 13.0. The second kappa shape index (κ2) is 5.15. The van der Waals surface area contributed by atoms with Crippen molar-refractivity contribution in [1.82, 2.24) is 5.32 Å². The third kappa shape index (κ3) is 3.46. The minimum absolute atomic E-state index is 0.0933. The molecule has 0 aromatic heterocycles. The van der Waals surface area contributed by atoms with Gasteiger partial charge in [0, 0.05) is 27.9 Å². The maximum Gasteiger partial charge on any atom is 0.287 e. The molecule has 5 heteroatoms. The first kappa shape index (κ1) is 13.5. The molecule has 0 unspecified atom stereocenters. The Bertz CT molecular complexity index is 409. The zero-order chi connectivity index (χ0) is 12.3. The standard InChI is InChI=1S/C11H12BrClFNO/c1-11(2,6-15-10(12)16)7-3-4-9(14)8(13)5-7/h3-5H,6H2,1-2H3,(H,15,16). The summed E-state index contributed by atoms with van der Waals surface area (Å²) in [6, 6.07) is 4.58. The van der Waals surface area contributed by atoms with Crippen molar-refractivity contribution in [2.24, 2.45) is 0 Å². The van der Waals surface area contributed by atoms with E-state index in [1.54, 1.807) is 12.1 Å². The Morgan fingerprint density at radius 2 is 2.19 bits per heavy atom. The van der Waals surface area contributed by atoms with Crippen LogP contribution in [0.1, 0.15) is 19.4 Å². The summed E-state index contributed by atoms with van der Waals surface area (Å²) in [5.41, 5.74) is 0.570. The lowest BCUT2D eigenvalue weighted by Gasteiger charge is -2.25. The summed E-state index contributed by atoms with van der Waals surface area (Å²) in [6.07, 6.45) is 0. The van der Waals surface area contributed by atoms with Crippen LogP contribution in [0.4, 0.5) is 9.18 Å². The van der Waals surface area contributed by atoms with Crippen LogP contribution >= 0.6 is 27.5 Å². The zero-order valence-electron chi connectivity index (χ0n) is 8.98. The highest BCUT2D eigenvalue weighted by Crippen LogP contribution is 2.26. The number of rotatable bonds is 3. The number of benzene rings is 1.